The van der Waals surface area contributed by atoms with E-state index in [1.165, 1.54) is 0 Å². The van der Waals surface area contributed by atoms with Crippen LogP contribution in [0.2, 0.25) is 0 Å². The smallest absolute Gasteiger partial charge is 0.292 e. The Bertz CT molecular complexity index is 514. The highest BCUT2D eigenvalue weighted by atomic mass is 16.5. The first-order valence-electron chi connectivity index (χ1n) is 7.20. The zero-order chi connectivity index (χ0) is 15.4. The number of amides is 2. The van der Waals surface area contributed by atoms with E-state index in [4.69, 9.17) is 4.52 Å². The molecule has 1 unspecified atom stereocenters. The second-order valence-corrected chi connectivity index (χ2v) is 5.36. The number of carbonyl (C=O) groups excluding carboxylic acids is 2. The van der Waals surface area contributed by atoms with E-state index < -0.39 is 0 Å². The van der Waals surface area contributed by atoms with E-state index in [0.717, 1.165) is 18.7 Å². The highest BCUT2D eigenvalue weighted by Gasteiger charge is 2.30. The fraction of sp³-hybridized carbons (Fsp3) is 0.643. The molecule has 0 bridgehead atoms. The molecule has 1 aliphatic rings. The van der Waals surface area contributed by atoms with Gasteiger partial charge in [-0.05, 0) is 13.5 Å². The van der Waals surface area contributed by atoms with Crippen molar-refractivity contribution in [3.05, 3.63) is 17.5 Å². The van der Waals surface area contributed by atoms with Crippen molar-refractivity contribution in [1.29, 1.82) is 0 Å². The van der Waals surface area contributed by atoms with E-state index in [9.17, 15) is 9.59 Å². The number of hydrogen-bond acceptors (Lipinski definition) is 5. The topological polar surface area (TPSA) is 78.7 Å². The van der Waals surface area contributed by atoms with Gasteiger partial charge in [-0.1, -0.05) is 12.1 Å². The molecule has 1 N–H and O–H groups in total. The summed E-state index contributed by atoms with van der Waals surface area (Å²) in [4.78, 5) is 28.1. The fourth-order valence-corrected chi connectivity index (χ4v) is 2.46. The minimum atomic E-state index is -0.236. The van der Waals surface area contributed by atoms with Crippen molar-refractivity contribution >= 4 is 11.8 Å². The maximum absolute atomic E-state index is 12.5. The van der Waals surface area contributed by atoms with Gasteiger partial charge in [-0.3, -0.25) is 9.59 Å². The van der Waals surface area contributed by atoms with E-state index in [-0.39, 0.29) is 23.5 Å². The zero-order valence-electron chi connectivity index (χ0n) is 12.8. The number of likely N-dealkylation sites (N-methyl/N-ethyl adjacent to an activating group) is 1. The SMILES string of the molecule is CCc1cc(C(=O)N2CCN(C)CC(C(=O)NC)C2)on1. The number of aromatic nitrogens is 1. The van der Waals surface area contributed by atoms with Crippen LogP contribution in [-0.2, 0) is 11.2 Å². The number of nitrogens with zero attached hydrogens (tertiary/aromatic N) is 3. The molecule has 0 aliphatic carbocycles. The fourth-order valence-electron chi connectivity index (χ4n) is 2.46. The van der Waals surface area contributed by atoms with Crippen LogP contribution in [-0.4, -0.2) is 67.0 Å². The Morgan fingerprint density at radius 3 is 2.81 bits per heavy atom. The Morgan fingerprint density at radius 1 is 1.43 bits per heavy atom. The van der Waals surface area contributed by atoms with Crippen molar-refractivity contribution in [2.75, 3.05) is 40.3 Å². The van der Waals surface area contributed by atoms with E-state index >= 15 is 0 Å². The predicted octanol–water partition coefficient (Wildman–Crippen LogP) is -0.0132. The average molecular weight is 294 g/mol. The van der Waals surface area contributed by atoms with Crippen molar-refractivity contribution in [2.45, 2.75) is 13.3 Å². The van der Waals surface area contributed by atoms with Crippen LogP contribution < -0.4 is 5.32 Å². The molecule has 7 nitrogen and oxygen atoms in total. The number of carbonyl (C=O) groups is 2. The largest absolute Gasteiger partial charge is 0.359 e. The summed E-state index contributed by atoms with van der Waals surface area (Å²) in [5.41, 5.74) is 0.758. The first-order valence-corrected chi connectivity index (χ1v) is 7.20. The standard InChI is InChI=1S/C14H22N4O3/c1-4-11-7-12(21-16-11)14(20)18-6-5-17(3)8-10(9-18)13(19)15-2/h7,10H,4-6,8-9H2,1-3H3,(H,15,19). The van der Waals surface area contributed by atoms with Gasteiger partial charge in [-0.25, -0.2) is 0 Å². The molecule has 2 heterocycles. The molecule has 1 fully saturated rings. The first kappa shape index (κ1) is 15.5. The van der Waals surface area contributed by atoms with Gasteiger partial charge in [-0.15, -0.1) is 0 Å². The molecule has 1 aromatic rings. The molecule has 0 radical (unpaired) electrons. The molecular weight excluding hydrogens is 272 g/mol. The number of hydrogen-bond donors (Lipinski definition) is 1. The molecule has 1 saturated heterocycles. The van der Waals surface area contributed by atoms with Crippen LogP contribution >= 0.6 is 0 Å². The molecule has 0 spiro atoms. The molecule has 1 atom stereocenters. The second-order valence-electron chi connectivity index (χ2n) is 5.36. The average Bonchev–Trinajstić information content (AvgIpc) is 2.89. The van der Waals surface area contributed by atoms with E-state index in [2.05, 4.69) is 15.4 Å². The van der Waals surface area contributed by atoms with Crippen molar-refractivity contribution in [2.24, 2.45) is 5.92 Å². The molecule has 0 saturated carbocycles. The maximum Gasteiger partial charge on any atom is 0.292 e. The summed E-state index contributed by atoms with van der Waals surface area (Å²) in [5.74, 6) is -0.244. The third kappa shape index (κ3) is 3.60. The maximum atomic E-state index is 12.5. The molecule has 21 heavy (non-hydrogen) atoms. The molecule has 7 heteroatoms. The first-order chi connectivity index (χ1) is 10.0. The Morgan fingerprint density at radius 2 is 2.19 bits per heavy atom. The minimum Gasteiger partial charge on any atom is -0.359 e. The summed E-state index contributed by atoms with van der Waals surface area (Å²) < 4.78 is 5.10. The van der Waals surface area contributed by atoms with Gasteiger partial charge in [0.2, 0.25) is 11.7 Å². The monoisotopic (exact) mass is 294 g/mol. The van der Waals surface area contributed by atoms with Gasteiger partial charge in [0.25, 0.3) is 5.91 Å². The van der Waals surface area contributed by atoms with Crippen molar-refractivity contribution in [1.82, 2.24) is 20.3 Å². The van der Waals surface area contributed by atoms with Crippen LogP contribution in [0.4, 0.5) is 0 Å². The van der Waals surface area contributed by atoms with Crippen molar-refractivity contribution in [3.63, 3.8) is 0 Å². The van der Waals surface area contributed by atoms with Crippen LogP contribution in [0.15, 0.2) is 10.6 Å². The van der Waals surface area contributed by atoms with Gasteiger partial charge in [-0.2, -0.15) is 0 Å². The lowest BCUT2D eigenvalue weighted by Crippen LogP contribution is -2.41. The highest BCUT2D eigenvalue weighted by molar-refractivity contribution is 5.92. The van der Waals surface area contributed by atoms with E-state index in [0.29, 0.717) is 19.6 Å². The zero-order valence-corrected chi connectivity index (χ0v) is 12.8. The molecule has 1 aromatic heterocycles. The molecule has 2 rings (SSSR count). The Balaban J connectivity index is 2.13. The van der Waals surface area contributed by atoms with Gasteiger partial charge in [0.1, 0.15) is 0 Å². The normalized spacial score (nSPS) is 20.1. The van der Waals surface area contributed by atoms with Gasteiger partial charge >= 0.3 is 0 Å². The van der Waals surface area contributed by atoms with Gasteiger partial charge in [0, 0.05) is 39.3 Å². The van der Waals surface area contributed by atoms with Crippen LogP contribution in [0.5, 0.6) is 0 Å². The Labute approximate surface area is 124 Å². The second kappa shape index (κ2) is 6.71. The lowest BCUT2D eigenvalue weighted by Gasteiger charge is -2.22. The van der Waals surface area contributed by atoms with Gasteiger partial charge in [0.05, 0.1) is 11.6 Å². The summed E-state index contributed by atoms with van der Waals surface area (Å²) in [6, 6.07) is 1.67. The van der Waals surface area contributed by atoms with Crippen molar-refractivity contribution < 1.29 is 14.1 Å². The predicted molar refractivity (Wildman–Crippen MR) is 76.8 cm³/mol. The molecular formula is C14H22N4O3. The molecule has 0 aromatic carbocycles. The summed E-state index contributed by atoms with van der Waals surface area (Å²) in [7, 11) is 3.57. The lowest BCUT2D eigenvalue weighted by atomic mass is 10.1. The Kier molecular flexibility index (Phi) is 4.95. The lowest BCUT2D eigenvalue weighted by molar-refractivity contribution is -0.125. The van der Waals surface area contributed by atoms with Crippen LogP contribution in [0.25, 0.3) is 0 Å². The van der Waals surface area contributed by atoms with Crippen LogP contribution in [0.3, 0.4) is 0 Å². The summed E-state index contributed by atoms with van der Waals surface area (Å²) in [5, 5.41) is 6.50. The van der Waals surface area contributed by atoms with Gasteiger partial charge in [0.15, 0.2) is 0 Å². The third-order valence-corrected chi connectivity index (χ3v) is 3.76. The number of rotatable bonds is 3. The summed E-state index contributed by atoms with van der Waals surface area (Å²) in [6.07, 6.45) is 0.723. The van der Waals surface area contributed by atoms with E-state index in [1.807, 2.05) is 14.0 Å². The summed E-state index contributed by atoms with van der Waals surface area (Å²) in [6.45, 7) is 4.29. The molecule has 116 valence electrons. The highest BCUT2D eigenvalue weighted by Crippen LogP contribution is 2.14. The van der Waals surface area contributed by atoms with Crippen molar-refractivity contribution in [3.8, 4) is 0 Å². The number of nitrogens with one attached hydrogen (secondary N) is 1. The summed E-state index contributed by atoms with van der Waals surface area (Å²) >= 11 is 0. The van der Waals surface area contributed by atoms with E-state index in [1.54, 1.807) is 18.0 Å². The minimum absolute atomic E-state index is 0.0478. The van der Waals surface area contributed by atoms with Gasteiger partial charge < -0.3 is 19.6 Å². The third-order valence-electron chi connectivity index (χ3n) is 3.76. The molecule has 2 amide bonds. The molecule has 1 aliphatic heterocycles. The van der Waals surface area contributed by atoms with Crippen LogP contribution in [0.1, 0.15) is 23.2 Å². The van der Waals surface area contributed by atoms with Crippen LogP contribution in [0, 0.1) is 5.92 Å². The number of aryl methyl sites for hydroxylation is 1. The quantitative estimate of drug-likeness (QED) is 0.848. The Hall–Kier alpha value is -1.89.